The molecule has 1 N–H and O–H groups in total. The predicted octanol–water partition coefficient (Wildman–Crippen LogP) is 2.45. The third-order valence-electron chi connectivity index (χ3n) is 3.86. The molecule has 2 aromatic rings. The van der Waals surface area contributed by atoms with E-state index in [1.807, 2.05) is 0 Å². The summed E-state index contributed by atoms with van der Waals surface area (Å²) in [6.45, 7) is -2.33. The van der Waals surface area contributed by atoms with Gasteiger partial charge in [0.1, 0.15) is 0 Å². The van der Waals surface area contributed by atoms with Gasteiger partial charge in [0, 0.05) is 60.9 Å². The number of rotatable bonds is 4. The van der Waals surface area contributed by atoms with Gasteiger partial charge in [-0.1, -0.05) is 0 Å². The van der Waals surface area contributed by atoms with E-state index in [4.69, 9.17) is 0 Å². The van der Waals surface area contributed by atoms with Crippen LogP contribution >= 0.6 is 0 Å². The molecule has 0 amide bonds. The summed E-state index contributed by atoms with van der Waals surface area (Å²) in [6.07, 6.45) is 2.16. The van der Waals surface area contributed by atoms with Crippen molar-refractivity contribution in [1.29, 1.82) is 0 Å². The van der Waals surface area contributed by atoms with Gasteiger partial charge in [0.2, 0.25) is 5.75 Å². The Kier molecular flexibility index (Phi) is 4.15. The van der Waals surface area contributed by atoms with Gasteiger partial charge >= 0.3 is 12.3 Å². The number of anilines is 1. The summed E-state index contributed by atoms with van der Waals surface area (Å²) >= 11 is 0. The van der Waals surface area contributed by atoms with E-state index in [1.54, 1.807) is 11.1 Å². The number of nitrogens with one attached hydrogen (secondary N) is 1. The summed E-state index contributed by atoms with van der Waals surface area (Å²) in [6, 6.07) is 5.20. The van der Waals surface area contributed by atoms with Crippen LogP contribution < -0.4 is 15.1 Å². The molecule has 0 saturated carbocycles. The molecule has 1 aromatic heterocycles. The summed E-state index contributed by atoms with van der Waals surface area (Å²) in [5.41, 5.74) is 1.27. The highest BCUT2D eigenvalue weighted by atomic mass is 19.3. The largest absolute Gasteiger partial charge is 0.427 e. The van der Waals surface area contributed by atoms with Gasteiger partial charge in [0.05, 0.1) is 4.92 Å². The molecule has 0 radical (unpaired) electrons. The number of halogens is 2. The first-order valence-electron chi connectivity index (χ1n) is 7.13. The first kappa shape index (κ1) is 15.9. The van der Waals surface area contributed by atoms with Crippen molar-refractivity contribution < 1.29 is 18.4 Å². The molecule has 1 aliphatic rings. The number of nitro groups is 1. The Hall–Kier alpha value is -2.97. The van der Waals surface area contributed by atoms with Gasteiger partial charge in [0.25, 0.3) is 0 Å². The second-order valence-corrected chi connectivity index (χ2v) is 5.26. The molecular weight excluding hydrogens is 324 g/mol. The third kappa shape index (κ3) is 3.05. The van der Waals surface area contributed by atoms with Crippen LogP contribution in [-0.2, 0) is 13.0 Å². The second-order valence-electron chi connectivity index (χ2n) is 5.26. The first-order chi connectivity index (χ1) is 11.5. The number of benzene rings is 1. The van der Waals surface area contributed by atoms with Gasteiger partial charge < -0.3 is 14.6 Å². The van der Waals surface area contributed by atoms with E-state index in [0.29, 0.717) is 24.2 Å². The van der Waals surface area contributed by atoms with Gasteiger partial charge in [-0.15, -0.1) is 0 Å². The molecule has 1 aliphatic heterocycles. The molecule has 7 nitrogen and oxygen atoms in total. The lowest BCUT2D eigenvalue weighted by Crippen LogP contribution is -2.34. The van der Waals surface area contributed by atoms with E-state index in [1.165, 1.54) is 18.2 Å². The minimum Gasteiger partial charge on any atom is -0.427 e. The molecule has 1 aromatic carbocycles. The van der Waals surface area contributed by atoms with E-state index in [-0.39, 0.29) is 12.0 Å². The quantitative estimate of drug-likeness (QED) is 0.684. The molecule has 0 saturated heterocycles. The number of nitro benzene ring substituents is 1. The fourth-order valence-corrected chi connectivity index (χ4v) is 2.73. The molecule has 0 spiro atoms. The van der Waals surface area contributed by atoms with E-state index < -0.39 is 23.0 Å². The maximum atomic E-state index is 12.5. The van der Waals surface area contributed by atoms with Crippen LogP contribution in [0.1, 0.15) is 11.3 Å². The van der Waals surface area contributed by atoms with Gasteiger partial charge in [-0.25, -0.2) is 0 Å². The lowest BCUT2D eigenvalue weighted by Gasteiger charge is -2.30. The zero-order valence-electron chi connectivity index (χ0n) is 12.4. The highest BCUT2D eigenvalue weighted by molar-refractivity contribution is 5.60. The minimum absolute atomic E-state index is 0.112. The highest BCUT2D eigenvalue weighted by Crippen LogP contribution is 2.34. The van der Waals surface area contributed by atoms with Crippen LogP contribution in [0.15, 0.2) is 35.3 Å². The summed E-state index contributed by atoms with van der Waals surface area (Å²) in [4.78, 5) is 26.9. The van der Waals surface area contributed by atoms with Crippen LogP contribution in [0, 0.1) is 10.1 Å². The second kappa shape index (κ2) is 6.26. The number of alkyl halides is 2. The minimum atomic E-state index is -3.16. The van der Waals surface area contributed by atoms with Crippen molar-refractivity contribution in [3.8, 4) is 5.75 Å². The van der Waals surface area contributed by atoms with Crippen molar-refractivity contribution in [2.45, 2.75) is 19.6 Å². The number of hydrogen-bond acceptors (Lipinski definition) is 5. The number of hydrogen-bond donors (Lipinski definition) is 1. The van der Waals surface area contributed by atoms with Crippen molar-refractivity contribution in [2.75, 3.05) is 11.4 Å². The average Bonchev–Trinajstić information content (AvgIpc) is 2.54. The van der Waals surface area contributed by atoms with Crippen LogP contribution in [0.25, 0.3) is 0 Å². The summed E-state index contributed by atoms with van der Waals surface area (Å²) in [5, 5.41) is 10.9. The predicted molar refractivity (Wildman–Crippen MR) is 81.5 cm³/mol. The van der Waals surface area contributed by atoms with Crippen molar-refractivity contribution in [2.24, 2.45) is 0 Å². The van der Waals surface area contributed by atoms with Gasteiger partial charge in [-0.2, -0.15) is 8.78 Å². The summed E-state index contributed by atoms with van der Waals surface area (Å²) in [7, 11) is 0. The van der Waals surface area contributed by atoms with Crippen molar-refractivity contribution in [1.82, 2.24) is 4.98 Å². The van der Waals surface area contributed by atoms with E-state index in [9.17, 15) is 23.7 Å². The lowest BCUT2D eigenvalue weighted by molar-refractivity contribution is -0.386. The maximum Gasteiger partial charge on any atom is 0.387 e. The standard InChI is InChI=1S/C15H13F2N3O4/c16-15(17)24-14-7-9(1-2-12(14)20(22)23)19-6-4-11-10(8-19)13(21)3-5-18-11/h1-3,5,7,15H,4,6,8H2,(H,18,21). The Balaban J connectivity index is 1.94. The molecule has 0 fully saturated rings. The number of aromatic nitrogens is 1. The number of aromatic amines is 1. The van der Waals surface area contributed by atoms with Crippen molar-refractivity contribution >= 4 is 11.4 Å². The molecule has 0 aliphatic carbocycles. The van der Waals surface area contributed by atoms with Gasteiger partial charge in [-0.05, 0) is 6.07 Å². The number of H-pyrrole nitrogens is 1. The highest BCUT2D eigenvalue weighted by Gasteiger charge is 2.23. The van der Waals surface area contributed by atoms with E-state index >= 15 is 0 Å². The van der Waals surface area contributed by atoms with Crippen LogP contribution in [-0.4, -0.2) is 23.1 Å². The number of fused-ring (bicyclic) bond motifs is 1. The Labute approximate surface area is 134 Å². The molecule has 9 heteroatoms. The van der Waals surface area contributed by atoms with E-state index in [2.05, 4.69) is 9.72 Å². The number of nitrogens with zero attached hydrogens (tertiary/aromatic N) is 2. The Morgan fingerprint density at radius 2 is 2.12 bits per heavy atom. The maximum absolute atomic E-state index is 12.5. The molecule has 0 unspecified atom stereocenters. The Morgan fingerprint density at radius 3 is 2.83 bits per heavy atom. The lowest BCUT2D eigenvalue weighted by atomic mass is 10.0. The molecule has 0 atom stereocenters. The smallest absolute Gasteiger partial charge is 0.387 e. The third-order valence-corrected chi connectivity index (χ3v) is 3.86. The number of ether oxygens (including phenoxy) is 1. The van der Waals surface area contributed by atoms with E-state index in [0.717, 1.165) is 11.8 Å². The average molecular weight is 337 g/mol. The zero-order chi connectivity index (χ0) is 17.3. The SMILES string of the molecule is O=c1cc[nH]c2c1CN(c1ccc([N+](=O)[O-])c(OC(F)F)c1)CC2. The van der Waals surface area contributed by atoms with Crippen LogP contribution in [0.3, 0.4) is 0 Å². The molecular formula is C15H13F2N3O4. The molecule has 126 valence electrons. The van der Waals surface area contributed by atoms with Crippen molar-refractivity contribution in [3.63, 3.8) is 0 Å². The summed E-state index contributed by atoms with van der Waals surface area (Å²) in [5.74, 6) is -0.500. The molecule has 24 heavy (non-hydrogen) atoms. The zero-order valence-corrected chi connectivity index (χ0v) is 12.4. The molecule has 0 bridgehead atoms. The molecule has 3 rings (SSSR count). The molecule has 2 heterocycles. The van der Waals surface area contributed by atoms with Gasteiger partial charge in [-0.3, -0.25) is 14.9 Å². The fraction of sp³-hybridized carbons (Fsp3) is 0.267. The normalized spacial score (nSPS) is 13.7. The van der Waals surface area contributed by atoms with Crippen molar-refractivity contribution in [3.05, 3.63) is 62.1 Å². The fourth-order valence-electron chi connectivity index (χ4n) is 2.73. The monoisotopic (exact) mass is 337 g/mol. The van der Waals surface area contributed by atoms with Crippen LogP contribution in [0.2, 0.25) is 0 Å². The van der Waals surface area contributed by atoms with Crippen LogP contribution in [0.5, 0.6) is 5.75 Å². The summed E-state index contributed by atoms with van der Waals surface area (Å²) < 4.78 is 29.2. The topological polar surface area (TPSA) is 88.5 Å². The Morgan fingerprint density at radius 1 is 1.33 bits per heavy atom. The Bertz CT molecular complexity index is 838. The first-order valence-corrected chi connectivity index (χ1v) is 7.13. The van der Waals surface area contributed by atoms with Gasteiger partial charge in [0.15, 0.2) is 5.43 Å². The number of pyridine rings is 1. The van der Waals surface area contributed by atoms with Crippen LogP contribution in [0.4, 0.5) is 20.2 Å².